The van der Waals surface area contributed by atoms with Crippen LogP contribution in [0.5, 0.6) is 0 Å². The average Bonchev–Trinajstić information content (AvgIpc) is 4.06. The summed E-state index contributed by atoms with van der Waals surface area (Å²) < 4.78 is 0. The zero-order valence-electron chi connectivity index (χ0n) is 44.6. The first kappa shape index (κ1) is 45.8. The standard InChI is InChI=1S/C81H52/c1-9-25-50(26-10-1)67-68(51-27-11-2-12-28-51)72(55-35-19-6-20-36-55)79-63-44-43-60-62-46-48-65-78-64(47-45-61(77(62)78)59-42-41-58(49-66(63)76(59)60)75(79)71(67)54-33-17-5-18-34-54)80-73(56-37-21-7-22-38-56)69(52-29-13-3-14-30-52)70(53-31-15-4-16-32-53)74(81(65)80)57-39-23-8-24-40-57/h1-48,66,76H,49H2. The fourth-order valence-electron chi connectivity index (χ4n) is 15.2. The third-order valence-corrected chi connectivity index (χ3v) is 18.2. The molecule has 0 saturated carbocycles. The summed E-state index contributed by atoms with van der Waals surface area (Å²) in [5, 5.41) is 2.72. The minimum Gasteiger partial charge on any atom is -0.0622 e. The zero-order valence-corrected chi connectivity index (χ0v) is 44.6. The van der Waals surface area contributed by atoms with E-state index in [0.717, 1.165) is 6.42 Å². The van der Waals surface area contributed by atoms with Crippen LogP contribution in [-0.4, -0.2) is 0 Å². The van der Waals surface area contributed by atoms with Crippen molar-refractivity contribution in [1.29, 1.82) is 0 Å². The van der Waals surface area contributed by atoms with E-state index in [1.165, 1.54) is 167 Å². The molecule has 5 aliphatic rings. The van der Waals surface area contributed by atoms with E-state index in [9.17, 15) is 0 Å². The van der Waals surface area contributed by atoms with Crippen LogP contribution in [0.4, 0.5) is 0 Å². The maximum absolute atomic E-state index is 2.55. The molecule has 0 nitrogen and oxygen atoms in total. The van der Waals surface area contributed by atoms with Crippen LogP contribution >= 0.6 is 0 Å². The first-order valence-electron chi connectivity index (χ1n) is 28.6. The lowest BCUT2D eigenvalue weighted by Crippen LogP contribution is -2.27. The molecular weight excluding hydrogens is 973 g/mol. The Morgan fingerprint density at radius 3 is 0.778 bits per heavy atom. The summed E-state index contributed by atoms with van der Waals surface area (Å²) >= 11 is 0. The second-order valence-electron chi connectivity index (χ2n) is 22.3. The summed E-state index contributed by atoms with van der Waals surface area (Å²) in [6.07, 6.45) is 11.1. The van der Waals surface area contributed by atoms with Gasteiger partial charge in [-0.1, -0.05) is 291 Å². The van der Waals surface area contributed by atoms with Crippen molar-refractivity contribution < 1.29 is 0 Å². The van der Waals surface area contributed by atoms with Gasteiger partial charge in [0.05, 0.1) is 0 Å². The number of hydrogen-bond donors (Lipinski definition) is 0. The van der Waals surface area contributed by atoms with Gasteiger partial charge in [-0.3, -0.25) is 0 Å². The predicted octanol–water partition coefficient (Wildman–Crippen LogP) is 21.7. The van der Waals surface area contributed by atoms with E-state index in [4.69, 9.17) is 0 Å². The molecular formula is C81H52. The van der Waals surface area contributed by atoms with Gasteiger partial charge >= 0.3 is 0 Å². The first-order chi connectivity index (χ1) is 40.3. The van der Waals surface area contributed by atoms with Gasteiger partial charge in [-0.25, -0.2) is 0 Å². The molecule has 0 aliphatic heterocycles. The molecule has 0 amide bonds. The molecule has 0 radical (unpaired) electrons. The highest BCUT2D eigenvalue weighted by atomic mass is 14.5. The number of hydrogen-bond acceptors (Lipinski definition) is 0. The lowest BCUT2D eigenvalue weighted by molar-refractivity contribution is 0.604. The smallest absolute Gasteiger partial charge is 0.0174 e. The van der Waals surface area contributed by atoms with Gasteiger partial charge in [-0.05, 0) is 179 Å². The molecule has 0 saturated heterocycles. The van der Waals surface area contributed by atoms with Crippen LogP contribution < -0.4 is 0 Å². The van der Waals surface area contributed by atoms with Crippen LogP contribution in [0.15, 0.2) is 291 Å². The Hall–Kier alpha value is -10.1. The minimum absolute atomic E-state index is 0.161. The van der Waals surface area contributed by atoms with E-state index < -0.39 is 0 Å². The highest BCUT2D eigenvalue weighted by molar-refractivity contribution is 6.29. The van der Waals surface area contributed by atoms with Crippen LogP contribution in [0.1, 0.15) is 28.7 Å². The highest BCUT2D eigenvalue weighted by Crippen LogP contribution is 2.67. The van der Waals surface area contributed by atoms with E-state index in [0.29, 0.717) is 0 Å². The molecule has 12 aromatic rings. The number of benzene rings is 12. The van der Waals surface area contributed by atoms with Gasteiger partial charge in [-0.15, -0.1) is 0 Å². The summed E-state index contributed by atoms with van der Waals surface area (Å²) in [5.74, 6) is 0.380. The summed E-state index contributed by atoms with van der Waals surface area (Å²) in [5.41, 5.74) is 36.3. The third-order valence-electron chi connectivity index (χ3n) is 18.2. The van der Waals surface area contributed by atoms with Gasteiger partial charge in [0, 0.05) is 5.92 Å². The fraction of sp³-hybridized carbons (Fsp3) is 0.0370. The molecule has 0 heteroatoms. The predicted molar refractivity (Wildman–Crippen MR) is 342 cm³/mol. The van der Waals surface area contributed by atoms with Gasteiger partial charge in [0.1, 0.15) is 0 Å². The van der Waals surface area contributed by atoms with Crippen LogP contribution in [0.25, 0.3) is 144 Å². The highest BCUT2D eigenvalue weighted by Gasteiger charge is 2.47. The van der Waals surface area contributed by atoms with Crippen molar-refractivity contribution >= 4 is 33.1 Å². The molecule has 376 valence electrons. The quantitative estimate of drug-likeness (QED) is 0.142. The summed E-state index contributed by atoms with van der Waals surface area (Å²) in [7, 11) is 0. The fourth-order valence-corrected chi connectivity index (χ4v) is 15.2. The molecule has 2 atom stereocenters. The molecule has 0 aromatic heterocycles. The van der Waals surface area contributed by atoms with Crippen molar-refractivity contribution in [3.05, 3.63) is 313 Å². The Bertz CT molecular complexity index is 4560. The first-order valence-corrected chi connectivity index (χ1v) is 28.6. The largest absolute Gasteiger partial charge is 0.0622 e. The average molecular weight is 1030 g/mol. The summed E-state index contributed by atoms with van der Waals surface area (Å²) in [6.45, 7) is 0. The monoisotopic (exact) mass is 1020 g/mol. The maximum atomic E-state index is 2.55. The molecule has 12 aromatic carbocycles. The number of allylic oxidation sites excluding steroid dienone is 8. The van der Waals surface area contributed by atoms with E-state index >= 15 is 0 Å². The van der Waals surface area contributed by atoms with E-state index in [-0.39, 0.29) is 11.8 Å². The zero-order chi connectivity index (χ0) is 53.1. The molecule has 2 bridgehead atoms. The summed E-state index contributed by atoms with van der Waals surface area (Å²) in [6, 6.07) is 99.6. The normalized spacial score (nSPS) is 15.7. The molecule has 0 spiro atoms. The van der Waals surface area contributed by atoms with Gasteiger partial charge in [0.2, 0.25) is 0 Å². The molecule has 2 unspecified atom stereocenters. The SMILES string of the molecule is C1=C2CC3C(=CC=C4c5ccc6c7c(ccc(c57)C(=C1)C43)-c1c(-c3ccccc3)c(-c3ccccc3)c(-c3ccccc3)c(-c3ccccc3)c1-6)c1c2c(-c2ccccc2)c(-c2ccccc2)c(-c2ccccc2)c1-c1ccccc1. The third kappa shape index (κ3) is 6.78. The molecule has 5 aliphatic carbocycles. The Morgan fingerprint density at radius 2 is 0.444 bits per heavy atom. The lowest BCUT2D eigenvalue weighted by Gasteiger charge is -2.43. The van der Waals surface area contributed by atoms with Crippen molar-refractivity contribution in [1.82, 2.24) is 0 Å². The molecule has 81 heavy (non-hydrogen) atoms. The van der Waals surface area contributed by atoms with Gasteiger partial charge in [-0.2, -0.15) is 0 Å². The van der Waals surface area contributed by atoms with Gasteiger partial charge < -0.3 is 0 Å². The van der Waals surface area contributed by atoms with Crippen molar-refractivity contribution in [2.24, 2.45) is 11.8 Å². The molecule has 0 heterocycles. The molecule has 0 N–H and O–H groups in total. The van der Waals surface area contributed by atoms with Crippen molar-refractivity contribution in [2.75, 3.05) is 0 Å². The maximum Gasteiger partial charge on any atom is 0.0174 e. The van der Waals surface area contributed by atoms with Crippen LogP contribution in [-0.2, 0) is 0 Å². The Balaban J connectivity index is 0.989. The van der Waals surface area contributed by atoms with Gasteiger partial charge in [0.15, 0.2) is 0 Å². The molecule has 17 rings (SSSR count). The Kier molecular flexibility index (Phi) is 10.3. The van der Waals surface area contributed by atoms with Crippen LogP contribution in [0, 0.1) is 11.8 Å². The second kappa shape index (κ2) is 18.2. The van der Waals surface area contributed by atoms with Crippen LogP contribution in [0.3, 0.4) is 0 Å². The van der Waals surface area contributed by atoms with Crippen molar-refractivity contribution in [3.8, 4) is 111 Å². The van der Waals surface area contributed by atoms with E-state index in [2.05, 4.69) is 291 Å². The van der Waals surface area contributed by atoms with Crippen molar-refractivity contribution in [3.63, 3.8) is 0 Å². The van der Waals surface area contributed by atoms with E-state index in [1.807, 2.05) is 0 Å². The van der Waals surface area contributed by atoms with Gasteiger partial charge in [0.25, 0.3) is 0 Å². The minimum atomic E-state index is 0.161. The number of fused-ring (bicyclic) bond motifs is 9. The lowest BCUT2D eigenvalue weighted by atomic mass is 9.59. The van der Waals surface area contributed by atoms with Crippen molar-refractivity contribution in [2.45, 2.75) is 6.42 Å². The Morgan fingerprint density at radius 1 is 0.198 bits per heavy atom. The number of rotatable bonds is 8. The topological polar surface area (TPSA) is 0 Å². The van der Waals surface area contributed by atoms with Crippen LogP contribution in [0.2, 0.25) is 0 Å². The second-order valence-corrected chi connectivity index (χ2v) is 22.3. The summed E-state index contributed by atoms with van der Waals surface area (Å²) in [4.78, 5) is 0. The van der Waals surface area contributed by atoms with E-state index in [1.54, 1.807) is 0 Å². The molecule has 0 fully saturated rings. The Labute approximate surface area is 473 Å².